The number of rotatable bonds is 3. The second-order valence-corrected chi connectivity index (χ2v) is 10.5. The van der Waals surface area contributed by atoms with Gasteiger partial charge in [0.1, 0.15) is 24.0 Å². The molecule has 3 aliphatic heterocycles. The summed E-state index contributed by atoms with van der Waals surface area (Å²) in [6.45, 7) is 14.5. The number of carbonyl (C=O) groups is 3. The van der Waals surface area contributed by atoms with E-state index in [0.717, 1.165) is 5.70 Å². The minimum absolute atomic E-state index is 0.00304. The van der Waals surface area contributed by atoms with Crippen molar-refractivity contribution >= 4 is 17.9 Å². The molecule has 0 saturated carbocycles. The molecule has 0 bridgehead atoms. The molecule has 3 heterocycles. The number of ether oxygens (including phenoxy) is 1. The van der Waals surface area contributed by atoms with Crippen LogP contribution < -0.4 is 5.32 Å². The van der Waals surface area contributed by atoms with Crippen molar-refractivity contribution in [3.63, 3.8) is 0 Å². The Morgan fingerprint density at radius 3 is 2.16 bits per heavy atom. The van der Waals surface area contributed by atoms with E-state index in [1.54, 1.807) is 30.7 Å². The molecular formula is C21H36N6O4. The second kappa shape index (κ2) is 8.22. The first-order valence-corrected chi connectivity index (χ1v) is 10.8. The van der Waals surface area contributed by atoms with E-state index < -0.39 is 23.2 Å². The fraction of sp³-hybridized carbons (Fsp3) is 0.762. The van der Waals surface area contributed by atoms with Crippen molar-refractivity contribution in [1.82, 2.24) is 30.0 Å². The van der Waals surface area contributed by atoms with Gasteiger partial charge in [-0.25, -0.2) is 14.8 Å². The van der Waals surface area contributed by atoms with E-state index in [1.807, 2.05) is 48.8 Å². The average Bonchev–Trinajstić information content (AvgIpc) is 3.14. The van der Waals surface area contributed by atoms with Crippen LogP contribution >= 0.6 is 0 Å². The number of fused-ring (bicyclic) bond motifs is 1. The molecule has 1 unspecified atom stereocenters. The van der Waals surface area contributed by atoms with Crippen molar-refractivity contribution in [2.24, 2.45) is 5.41 Å². The zero-order valence-electron chi connectivity index (χ0n) is 19.8. The molecule has 0 radical (unpaired) electrons. The molecule has 1 N–H and O–H groups in total. The summed E-state index contributed by atoms with van der Waals surface area (Å²) < 4.78 is 5.35. The van der Waals surface area contributed by atoms with E-state index in [1.165, 1.54) is 0 Å². The number of nitrogens with one attached hydrogen (secondary N) is 1. The molecule has 10 nitrogen and oxygen atoms in total. The molecule has 174 valence electrons. The van der Waals surface area contributed by atoms with Gasteiger partial charge in [0.15, 0.2) is 0 Å². The monoisotopic (exact) mass is 436 g/mol. The SMILES string of the molecule is CN1C=C2C(=O)N(N3CCN(C(=O)C(NC(=O)OC(C)(C)C)C(C)(C)C)CC3)CN2C1. The van der Waals surface area contributed by atoms with Crippen LogP contribution in [0.4, 0.5) is 4.79 Å². The lowest BCUT2D eigenvalue weighted by Gasteiger charge is -2.41. The van der Waals surface area contributed by atoms with Crippen LogP contribution in [0.1, 0.15) is 41.5 Å². The Morgan fingerprint density at radius 1 is 1.03 bits per heavy atom. The predicted octanol–water partition coefficient (Wildman–Crippen LogP) is 0.831. The maximum atomic E-state index is 13.3. The molecule has 0 aliphatic carbocycles. The van der Waals surface area contributed by atoms with Gasteiger partial charge >= 0.3 is 6.09 Å². The van der Waals surface area contributed by atoms with Crippen molar-refractivity contribution in [3.05, 3.63) is 11.9 Å². The third kappa shape index (κ3) is 5.23. The maximum Gasteiger partial charge on any atom is 0.408 e. The normalized spacial score (nSPS) is 21.3. The van der Waals surface area contributed by atoms with E-state index in [-0.39, 0.29) is 11.8 Å². The lowest BCUT2D eigenvalue weighted by atomic mass is 9.85. The van der Waals surface area contributed by atoms with Gasteiger partial charge in [0, 0.05) is 39.4 Å². The van der Waals surface area contributed by atoms with E-state index in [4.69, 9.17) is 4.74 Å². The molecule has 1 atom stereocenters. The van der Waals surface area contributed by atoms with Crippen LogP contribution in [0.25, 0.3) is 0 Å². The first-order chi connectivity index (χ1) is 14.3. The Balaban J connectivity index is 1.59. The molecule has 3 aliphatic rings. The Bertz CT molecular complexity index is 761. The Morgan fingerprint density at radius 2 is 1.65 bits per heavy atom. The molecule has 2 fully saturated rings. The summed E-state index contributed by atoms with van der Waals surface area (Å²) in [7, 11) is 1.95. The Hall–Kier alpha value is -2.49. The maximum absolute atomic E-state index is 13.3. The van der Waals surface area contributed by atoms with Crippen LogP contribution in [0.2, 0.25) is 0 Å². The summed E-state index contributed by atoms with van der Waals surface area (Å²) in [5.74, 6) is -0.126. The third-order valence-electron chi connectivity index (χ3n) is 5.52. The Kier molecular flexibility index (Phi) is 6.14. The van der Waals surface area contributed by atoms with Crippen molar-refractivity contribution in [3.8, 4) is 0 Å². The summed E-state index contributed by atoms with van der Waals surface area (Å²) in [4.78, 5) is 44.1. The van der Waals surface area contributed by atoms with Crippen molar-refractivity contribution in [2.45, 2.75) is 53.2 Å². The minimum Gasteiger partial charge on any atom is -0.444 e. The van der Waals surface area contributed by atoms with E-state index in [0.29, 0.717) is 39.5 Å². The first kappa shape index (κ1) is 23.2. The largest absolute Gasteiger partial charge is 0.444 e. The van der Waals surface area contributed by atoms with Crippen molar-refractivity contribution in [1.29, 1.82) is 0 Å². The van der Waals surface area contributed by atoms with Gasteiger partial charge in [0.2, 0.25) is 5.91 Å². The van der Waals surface area contributed by atoms with Crippen LogP contribution in [0, 0.1) is 5.41 Å². The van der Waals surface area contributed by atoms with Crippen LogP contribution in [-0.2, 0) is 14.3 Å². The molecule has 10 heteroatoms. The first-order valence-electron chi connectivity index (χ1n) is 10.8. The van der Waals surface area contributed by atoms with Crippen LogP contribution in [0.5, 0.6) is 0 Å². The molecule has 0 aromatic rings. The molecule has 2 saturated heterocycles. The number of piperazine rings is 1. The van der Waals surface area contributed by atoms with Gasteiger partial charge in [-0.2, -0.15) is 0 Å². The molecular weight excluding hydrogens is 400 g/mol. The summed E-state index contributed by atoms with van der Waals surface area (Å²) in [6, 6.07) is -0.700. The van der Waals surface area contributed by atoms with E-state index in [2.05, 4.69) is 5.32 Å². The van der Waals surface area contributed by atoms with Gasteiger partial charge in [-0.1, -0.05) is 20.8 Å². The van der Waals surface area contributed by atoms with Gasteiger partial charge in [0.05, 0.1) is 6.67 Å². The van der Waals surface area contributed by atoms with Crippen LogP contribution in [-0.4, -0.2) is 101 Å². The highest BCUT2D eigenvalue weighted by Crippen LogP contribution is 2.27. The summed E-state index contributed by atoms with van der Waals surface area (Å²) in [5.41, 5.74) is -0.392. The molecule has 0 spiro atoms. The standard InChI is InChI=1S/C21H36N6O4/c1-20(2,3)16(22-19(30)31-21(4,5)6)18(29)24-8-10-26(11-9-24)27-14-25-13-23(7)12-15(25)17(27)28/h12,16H,8-11,13-14H2,1-7H3,(H,22,30). The quantitative estimate of drug-likeness (QED) is 0.701. The molecule has 3 amide bonds. The van der Waals surface area contributed by atoms with E-state index >= 15 is 0 Å². The molecule has 31 heavy (non-hydrogen) atoms. The van der Waals surface area contributed by atoms with Gasteiger partial charge in [-0.05, 0) is 26.2 Å². The van der Waals surface area contributed by atoms with Gasteiger partial charge in [0.25, 0.3) is 5.91 Å². The van der Waals surface area contributed by atoms with Gasteiger partial charge in [-0.3, -0.25) is 9.59 Å². The zero-order valence-corrected chi connectivity index (χ0v) is 19.8. The highest BCUT2D eigenvalue weighted by atomic mass is 16.6. The number of hydrogen-bond acceptors (Lipinski definition) is 7. The molecule has 0 aromatic heterocycles. The lowest BCUT2D eigenvalue weighted by Crippen LogP contribution is -2.61. The lowest BCUT2D eigenvalue weighted by molar-refractivity contribution is -0.150. The molecule has 3 rings (SSSR count). The predicted molar refractivity (Wildman–Crippen MR) is 115 cm³/mol. The van der Waals surface area contributed by atoms with E-state index in [9.17, 15) is 14.4 Å². The number of carbonyl (C=O) groups excluding carboxylic acids is 3. The minimum atomic E-state index is -0.700. The highest BCUT2D eigenvalue weighted by Gasteiger charge is 2.42. The van der Waals surface area contributed by atoms with Crippen LogP contribution in [0.3, 0.4) is 0 Å². The number of nitrogens with zero attached hydrogens (tertiary/aromatic N) is 5. The fourth-order valence-electron chi connectivity index (χ4n) is 3.98. The number of amides is 3. The smallest absolute Gasteiger partial charge is 0.408 e. The molecule has 0 aromatic carbocycles. The summed E-state index contributed by atoms with van der Waals surface area (Å²) in [5, 5.41) is 6.54. The topological polar surface area (TPSA) is 88.7 Å². The van der Waals surface area contributed by atoms with Crippen molar-refractivity contribution in [2.75, 3.05) is 46.6 Å². The van der Waals surface area contributed by atoms with Crippen LogP contribution in [0.15, 0.2) is 11.9 Å². The summed E-state index contributed by atoms with van der Waals surface area (Å²) in [6.07, 6.45) is 1.28. The number of hydrazine groups is 1. The number of alkyl carbamates (subject to hydrolysis) is 1. The average molecular weight is 437 g/mol. The Labute approximate surface area is 184 Å². The third-order valence-corrected chi connectivity index (χ3v) is 5.52. The van der Waals surface area contributed by atoms with Crippen molar-refractivity contribution < 1.29 is 19.1 Å². The number of hydrogen-bond donors (Lipinski definition) is 1. The van der Waals surface area contributed by atoms with Gasteiger partial charge < -0.3 is 24.8 Å². The highest BCUT2D eigenvalue weighted by molar-refractivity contribution is 5.94. The van der Waals surface area contributed by atoms with Gasteiger partial charge in [-0.15, -0.1) is 0 Å². The zero-order chi connectivity index (χ0) is 23.1. The fourth-order valence-corrected chi connectivity index (χ4v) is 3.98. The summed E-state index contributed by atoms with van der Waals surface area (Å²) >= 11 is 0. The second-order valence-electron chi connectivity index (χ2n) is 10.5.